The Bertz CT molecular complexity index is 289. The normalized spacial score (nSPS) is 12.8. The predicted octanol–water partition coefficient (Wildman–Crippen LogP) is 5.19. The van der Waals surface area contributed by atoms with Gasteiger partial charge in [-0.15, -0.1) is 11.6 Å². The maximum absolute atomic E-state index is 6.10. The molecule has 84 valence electrons. The average molecular weight is 266 g/mol. The smallest absolute Gasteiger partial charge is 0.0452 e. The number of benzene rings is 1. The van der Waals surface area contributed by atoms with Crippen LogP contribution >= 0.6 is 34.8 Å². The number of hydrogen-bond donors (Lipinski definition) is 0. The van der Waals surface area contributed by atoms with E-state index in [1.54, 1.807) is 0 Å². The molecule has 0 radical (unpaired) electrons. The molecule has 3 heteroatoms. The summed E-state index contributed by atoms with van der Waals surface area (Å²) in [6.45, 7) is 2.16. The molecule has 0 fully saturated rings. The van der Waals surface area contributed by atoms with Gasteiger partial charge in [0.15, 0.2) is 0 Å². The summed E-state index contributed by atoms with van der Waals surface area (Å²) in [4.78, 5) is 0. The highest BCUT2D eigenvalue weighted by Gasteiger charge is 2.12. The van der Waals surface area contributed by atoms with Crippen molar-refractivity contribution < 1.29 is 0 Å². The van der Waals surface area contributed by atoms with Gasteiger partial charge in [-0.3, -0.25) is 0 Å². The summed E-state index contributed by atoms with van der Waals surface area (Å²) in [6, 6.07) is 5.61. The molecule has 0 aliphatic heterocycles. The van der Waals surface area contributed by atoms with E-state index in [0.29, 0.717) is 11.8 Å². The number of hydrogen-bond acceptors (Lipinski definition) is 0. The first-order valence-electron chi connectivity index (χ1n) is 5.17. The lowest BCUT2D eigenvalue weighted by molar-refractivity contribution is 0.528. The van der Waals surface area contributed by atoms with Crippen LogP contribution in [-0.2, 0) is 6.42 Å². The van der Waals surface area contributed by atoms with Gasteiger partial charge in [-0.05, 0) is 36.5 Å². The van der Waals surface area contributed by atoms with Crippen molar-refractivity contribution in [3.05, 3.63) is 33.8 Å². The van der Waals surface area contributed by atoms with Gasteiger partial charge in [-0.2, -0.15) is 0 Å². The molecule has 0 aliphatic rings. The second-order valence-electron chi connectivity index (χ2n) is 3.71. The molecule has 0 heterocycles. The van der Waals surface area contributed by atoms with E-state index in [1.807, 2.05) is 18.2 Å². The molecule has 0 amide bonds. The minimum Gasteiger partial charge on any atom is -0.126 e. The lowest BCUT2D eigenvalue weighted by Crippen LogP contribution is -2.06. The van der Waals surface area contributed by atoms with Gasteiger partial charge >= 0.3 is 0 Å². The van der Waals surface area contributed by atoms with E-state index in [-0.39, 0.29) is 0 Å². The van der Waals surface area contributed by atoms with Crippen molar-refractivity contribution in [2.45, 2.75) is 26.2 Å². The highest BCUT2D eigenvalue weighted by molar-refractivity contribution is 6.36. The van der Waals surface area contributed by atoms with E-state index in [1.165, 1.54) is 0 Å². The highest BCUT2D eigenvalue weighted by Crippen LogP contribution is 2.28. The quantitative estimate of drug-likeness (QED) is 0.643. The highest BCUT2D eigenvalue weighted by atomic mass is 35.5. The second-order valence-corrected chi connectivity index (χ2v) is 4.84. The third-order valence-corrected chi connectivity index (χ3v) is 3.61. The Morgan fingerprint density at radius 1 is 1.20 bits per heavy atom. The van der Waals surface area contributed by atoms with Crippen molar-refractivity contribution in [3.8, 4) is 0 Å². The van der Waals surface area contributed by atoms with Gasteiger partial charge in [0, 0.05) is 15.9 Å². The maximum Gasteiger partial charge on any atom is 0.0452 e. The molecule has 0 spiro atoms. The monoisotopic (exact) mass is 264 g/mol. The molecule has 0 nitrogen and oxygen atoms in total. The van der Waals surface area contributed by atoms with E-state index in [9.17, 15) is 0 Å². The molecule has 0 bridgehead atoms. The van der Waals surface area contributed by atoms with E-state index in [2.05, 4.69) is 6.92 Å². The van der Waals surface area contributed by atoms with Gasteiger partial charge < -0.3 is 0 Å². The topological polar surface area (TPSA) is 0 Å². The van der Waals surface area contributed by atoms with Crippen LogP contribution in [0.5, 0.6) is 0 Å². The fourth-order valence-corrected chi connectivity index (χ4v) is 2.47. The number of rotatable bonds is 5. The van der Waals surface area contributed by atoms with E-state index >= 15 is 0 Å². The third kappa shape index (κ3) is 3.86. The van der Waals surface area contributed by atoms with Crippen LogP contribution in [0.4, 0.5) is 0 Å². The Balaban J connectivity index is 2.78. The molecule has 1 rings (SSSR count). The Kier molecular flexibility index (Phi) is 5.81. The van der Waals surface area contributed by atoms with Crippen LogP contribution in [-0.4, -0.2) is 5.88 Å². The number of alkyl halides is 1. The molecular weight excluding hydrogens is 250 g/mol. The largest absolute Gasteiger partial charge is 0.126 e. The molecule has 0 aromatic heterocycles. The number of halogens is 3. The van der Waals surface area contributed by atoms with Gasteiger partial charge in [0.25, 0.3) is 0 Å². The molecule has 1 atom stereocenters. The van der Waals surface area contributed by atoms with Crippen molar-refractivity contribution in [1.29, 1.82) is 0 Å². The summed E-state index contributed by atoms with van der Waals surface area (Å²) in [5.74, 6) is 1.13. The summed E-state index contributed by atoms with van der Waals surface area (Å²) in [6.07, 6.45) is 3.13. The van der Waals surface area contributed by atoms with Crippen molar-refractivity contribution in [3.63, 3.8) is 0 Å². The zero-order chi connectivity index (χ0) is 11.3. The minimum atomic E-state index is 0.467. The van der Waals surface area contributed by atoms with Crippen LogP contribution < -0.4 is 0 Å². The van der Waals surface area contributed by atoms with Crippen LogP contribution in [0.2, 0.25) is 10.0 Å². The Morgan fingerprint density at radius 3 is 2.27 bits per heavy atom. The van der Waals surface area contributed by atoms with Crippen molar-refractivity contribution in [2.24, 2.45) is 5.92 Å². The molecule has 1 aromatic carbocycles. The Hall–Kier alpha value is 0.0900. The first-order valence-corrected chi connectivity index (χ1v) is 6.47. The fraction of sp³-hybridized carbons (Fsp3) is 0.500. The zero-order valence-electron chi connectivity index (χ0n) is 8.77. The van der Waals surface area contributed by atoms with Crippen LogP contribution in [0.1, 0.15) is 25.3 Å². The standard InChI is InChI=1S/C12H15Cl3/c1-2-4-9(8-13)7-10-11(14)5-3-6-12(10)15/h3,5-6,9H,2,4,7-8H2,1H3. The van der Waals surface area contributed by atoms with Gasteiger partial charge in [0.1, 0.15) is 0 Å². The van der Waals surface area contributed by atoms with Crippen molar-refractivity contribution >= 4 is 34.8 Å². The van der Waals surface area contributed by atoms with Crippen LogP contribution in [0.15, 0.2) is 18.2 Å². The summed E-state index contributed by atoms with van der Waals surface area (Å²) in [5.41, 5.74) is 1.03. The Labute approximate surface area is 107 Å². The average Bonchev–Trinajstić information content (AvgIpc) is 2.22. The molecule has 1 unspecified atom stereocenters. The molecular formula is C12H15Cl3. The van der Waals surface area contributed by atoms with Crippen LogP contribution in [0, 0.1) is 5.92 Å². The molecule has 0 saturated heterocycles. The predicted molar refractivity (Wildman–Crippen MR) is 69.3 cm³/mol. The minimum absolute atomic E-state index is 0.467. The Morgan fingerprint density at radius 2 is 1.80 bits per heavy atom. The summed E-state index contributed by atoms with van der Waals surface area (Å²) >= 11 is 18.1. The summed E-state index contributed by atoms with van der Waals surface area (Å²) < 4.78 is 0. The van der Waals surface area contributed by atoms with E-state index in [4.69, 9.17) is 34.8 Å². The lowest BCUT2D eigenvalue weighted by atomic mass is 9.97. The van der Waals surface area contributed by atoms with Crippen LogP contribution in [0.25, 0.3) is 0 Å². The van der Waals surface area contributed by atoms with E-state index < -0.39 is 0 Å². The van der Waals surface area contributed by atoms with Gasteiger partial charge in [-0.25, -0.2) is 0 Å². The third-order valence-electron chi connectivity index (χ3n) is 2.47. The van der Waals surface area contributed by atoms with Crippen molar-refractivity contribution in [2.75, 3.05) is 5.88 Å². The molecule has 0 aliphatic carbocycles. The summed E-state index contributed by atoms with van der Waals surface area (Å²) in [5, 5.41) is 1.49. The fourth-order valence-electron chi connectivity index (χ4n) is 1.66. The lowest BCUT2D eigenvalue weighted by Gasteiger charge is -2.14. The SMILES string of the molecule is CCCC(CCl)Cc1c(Cl)cccc1Cl. The molecule has 15 heavy (non-hydrogen) atoms. The van der Waals surface area contributed by atoms with Gasteiger partial charge in [-0.1, -0.05) is 42.6 Å². The van der Waals surface area contributed by atoms with E-state index in [0.717, 1.165) is 34.9 Å². The van der Waals surface area contributed by atoms with Crippen LogP contribution in [0.3, 0.4) is 0 Å². The first-order chi connectivity index (χ1) is 7.19. The van der Waals surface area contributed by atoms with Gasteiger partial charge in [0.05, 0.1) is 0 Å². The molecule has 0 saturated carbocycles. The second kappa shape index (κ2) is 6.62. The molecule has 0 N–H and O–H groups in total. The summed E-state index contributed by atoms with van der Waals surface area (Å²) in [7, 11) is 0. The van der Waals surface area contributed by atoms with Crippen molar-refractivity contribution in [1.82, 2.24) is 0 Å². The zero-order valence-corrected chi connectivity index (χ0v) is 11.0. The maximum atomic E-state index is 6.10. The molecule has 1 aromatic rings. The van der Waals surface area contributed by atoms with Gasteiger partial charge in [0.2, 0.25) is 0 Å². The first kappa shape index (κ1) is 13.2.